The fourth-order valence-electron chi connectivity index (χ4n) is 2.61. The van der Waals surface area contributed by atoms with Crippen molar-refractivity contribution in [3.63, 3.8) is 0 Å². The van der Waals surface area contributed by atoms with Crippen LogP contribution in [0, 0.1) is 0 Å². The topological polar surface area (TPSA) is 70.7 Å². The van der Waals surface area contributed by atoms with Gasteiger partial charge in [-0.1, -0.05) is 17.7 Å². The number of anilines is 2. The number of nitrogens with one attached hydrogen (secondary N) is 2. The predicted octanol–water partition coefficient (Wildman–Crippen LogP) is 4.51. The second-order valence-electron chi connectivity index (χ2n) is 6.01. The molecule has 0 bridgehead atoms. The highest BCUT2D eigenvalue weighted by Gasteiger charge is 2.33. The molecule has 0 aromatic heterocycles. The van der Waals surface area contributed by atoms with Crippen LogP contribution in [0.5, 0.6) is 0 Å². The lowest BCUT2D eigenvalue weighted by molar-refractivity contribution is -0.137. The fraction of sp³-hybridized carbons (Fsp3) is 0.222. The van der Waals surface area contributed by atoms with Gasteiger partial charge in [0.1, 0.15) is 6.10 Å². The van der Waals surface area contributed by atoms with Gasteiger partial charge in [0.25, 0.3) is 0 Å². The molecule has 148 valence electrons. The molecule has 1 saturated heterocycles. The Bertz CT molecular complexity index is 874. The van der Waals surface area contributed by atoms with Gasteiger partial charge in [0, 0.05) is 16.4 Å². The third kappa shape index (κ3) is 4.86. The van der Waals surface area contributed by atoms with Gasteiger partial charge in [0.2, 0.25) is 0 Å². The number of carbonyl (C=O) groups excluding carboxylic acids is 2. The summed E-state index contributed by atoms with van der Waals surface area (Å²) in [4.78, 5) is 25.3. The molecule has 1 heterocycles. The molecule has 1 aliphatic rings. The van der Waals surface area contributed by atoms with Crippen LogP contribution < -0.4 is 15.5 Å². The summed E-state index contributed by atoms with van der Waals surface area (Å²) < 4.78 is 42.8. The molecule has 3 rings (SSSR count). The van der Waals surface area contributed by atoms with Gasteiger partial charge in [-0.3, -0.25) is 4.90 Å². The summed E-state index contributed by atoms with van der Waals surface area (Å²) in [5.41, 5.74) is -0.0268. The number of cyclic esters (lactones) is 1. The zero-order chi connectivity index (χ0) is 20.3. The zero-order valence-electron chi connectivity index (χ0n) is 14.3. The second-order valence-corrected chi connectivity index (χ2v) is 6.44. The van der Waals surface area contributed by atoms with Gasteiger partial charge in [-0.15, -0.1) is 0 Å². The summed E-state index contributed by atoms with van der Waals surface area (Å²) >= 11 is 5.92. The number of ether oxygens (including phenoxy) is 1. The van der Waals surface area contributed by atoms with Crippen molar-refractivity contribution >= 4 is 35.1 Å². The van der Waals surface area contributed by atoms with Crippen molar-refractivity contribution in [3.8, 4) is 0 Å². The van der Waals surface area contributed by atoms with Crippen LogP contribution in [0.3, 0.4) is 0 Å². The number of hydrogen-bond donors (Lipinski definition) is 2. The molecule has 1 aliphatic heterocycles. The number of carbonyl (C=O) groups is 2. The van der Waals surface area contributed by atoms with Crippen LogP contribution in [-0.4, -0.2) is 31.3 Å². The monoisotopic (exact) mass is 413 g/mol. The third-order valence-electron chi connectivity index (χ3n) is 3.95. The number of alkyl halides is 3. The standard InChI is InChI=1S/C18H15ClF3N3O3/c19-12-2-1-3-14(8-12)25-10-15(28-17(25)27)9-23-16(26)24-13-6-4-11(5-7-13)18(20,21)22/h1-8,15H,9-10H2,(H2,23,24,26). The second kappa shape index (κ2) is 7.97. The molecule has 1 unspecified atom stereocenters. The number of hydrogen-bond acceptors (Lipinski definition) is 3. The van der Waals surface area contributed by atoms with E-state index >= 15 is 0 Å². The highest BCUT2D eigenvalue weighted by molar-refractivity contribution is 6.30. The van der Waals surface area contributed by atoms with Crippen molar-refractivity contribution in [2.45, 2.75) is 12.3 Å². The molecule has 0 saturated carbocycles. The average molecular weight is 414 g/mol. The van der Waals surface area contributed by atoms with Gasteiger partial charge in [-0.2, -0.15) is 13.2 Å². The molecule has 2 aromatic carbocycles. The molecule has 3 amide bonds. The summed E-state index contributed by atoms with van der Waals surface area (Å²) in [6, 6.07) is 10.1. The van der Waals surface area contributed by atoms with Crippen LogP contribution in [0.2, 0.25) is 5.02 Å². The van der Waals surface area contributed by atoms with Gasteiger partial charge in [0.15, 0.2) is 0 Å². The zero-order valence-corrected chi connectivity index (χ0v) is 15.1. The lowest BCUT2D eigenvalue weighted by Gasteiger charge is -2.13. The number of nitrogens with zero attached hydrogens (tertiary/aromatic N) is 1. The molecular formula is C18H15ClF3N3O3. The van der Waals surface area contributed by atoms with E-state index in [0.29, 0.717) is 10.7 Å². The largest absolute Gasteiger partial charge is 0.442 e. The maximum atomic E-state index is 12.5. The Labute approximate surface area is 163 Å². The van der Waals surface area contributed by atoms with Crippen molar-refractivity contribution in [1.29, 1.82) is 0 Å². The molecular weight excluding hydrogens is 399 g/mol. The first kappa shape index (κ1) is 19.8. The van der Waals surface area contributed by atoms with Crippen LogP contribution in [0.1, 0.15) is 5.56 Å². The number of halogens is 4. The minimum absolute atomic E-state index is 0.0370. The minimum Gasteiger partial charge on any atom is -0.442 e. The van der Waals surface area contributed by atoms with E-state index in [2.05, 4.69) is 10.6 Å². The van der Waals surface area contributed by atoms with E-state index in [1.54, 1.807) is 24.3 Å². The summed E-state index contributed by atoms with van der Waals surface area (Å²) in [5, 5.41) is 5.41. The fourth-order valence-corrected chi connectivity index (χ4v) is 2.79. The Morgan fingerprint density at radius 2 is 1.93 bits per heavy atom. The van der Waals surface area contributed by atoms with E-state index in [4.69, 9.17) is 16.3 Å². The SMILES string of the molecule is O=C(NCC1CN(c2cccc(Cl)c2)C(=O)O1)Nc1ccc(C(F)(F)F)cc1. The van der Waals surface area contributed by atoms with E-state index < -0.39 is 30.0 Å². The number of amides is 3. The highest BCUT2D eigenvalue weighted by Crippen LogP contribution is 2.29. The maximum absolute atomic E-state index is 12.5. The van der Waals surface area contributed by atoms with Gasteiger partial charge in [-0.25, -0.2) is 9.59 Å². The van der Waals surface area contributed by atoms with Gasteiger partial charge in [0.05, 0.1) is 18.7 Å². The Balaban J connectivity index is 1.50. The molecule has 0 radical (unpaired) electrons. The van der Waals surface area contributed by atoms with E-state index in [-0.39, 0.29) is 18.8 Å². The number of benzene rings is 2. The third-order valence-corrected chi connectivity index (χ3v) is 4.19. The van der Waals surface area contributed by atoms with Gasteiger partial charge < -0.3 is 15.4 Å². The van der Waals surface area contributed by atoms with Crippen LogP contribution >= 0.6 is 11.6 Å². The van der Waals surface area contributed by atoms with E-state index in [1.807, 2.05) is 0 Å². The first-order valence-electron chi connectivity index (χ1n) is 8.18. The summed E-state index contributed by atoms with van der Waals surface area (Å²) in [7, 11) is 0. The summed E-state index contributed by atoms with van der Waals surface area (Å²) in [6.45, 7) is 0.259. The Hall–Kier alpha value is -2.94. The molecule has 6 nitrogen and oxygen atoms in total. The molecule has 2 N–H and O–H groups in total. The molecule has 10 heteroatoms. The van der Waals surface area contributed by atoms with E-state index in [1.165, 1.54) is 4.90 Å². The minimum atomic E-state index is -4.44. The maximum Gasteiger partial charge on any atom is 0.416 e. The quantitative estimate of drug-likeness (QED) is 0.775. The molecule has 1 atom stereocenters. The van der Waals surface area contributed by atoms with Crippen LogP contribution in [0.4, 0.5) is 34.1 Å². The Morgan fingerprint density at radius 1 is 1.21 bits per heavy atom. The number of rotatable bonds is 4. The first-order valence-corrected chi connectivity index (χ1v) is 8.56. The normalized spacial score (nSPS) is 16.6. The van der Waals surface area contributed by atoms with Crippen LogP contribution in [-0.2, 0) is 10.9 Å². The molecule has 2 aromatic rings. The lowest BCUT2D eigenvalue weighted by Crippen LogP contribution is -2.37. The molecule has 1 fully saturated rings. The van der Waals surface area contributed by atoms with Crippen molar-refractivity contribution < 1.29 is 27.5 Å². The first-order chi connectivity index (χ1) is 13.2. The highest BCUT2D eigenvalue weighted by atomic mass is 35.5. The average Bonchev–Trinajstić information content (AvgIpc) is 3.00. The molecule has 0 aliphatic carbocycles. The van der Waals surface area contributed by atoms with E-state index in [9.17, 15) is 22.8 Å². The van der Waals surface area contributed by atoms with Gasteiger partial charge >= 0.3 is 18.3 Å². The van der Waals surface area contributed by atoms with E-state index in [0.717, 1.165) is 24.3 Å². The smallest absolute Gasteiger partial charge is 0.416 e. The van der Waals surface area contributed by atoms with Crippen LogP contribution in [0.25, 0.3) is 0 Å². The Kier molecular flexibility index (Phi) is 5.64. The Morgan fingerprint density at radius 3 is 2.57 bits per heavy atom. The molecule has 28 heavy (non-hydrogen) atoms. The summed E-state index contributed by atoms with van der Waals surface area (Å²) in [6.07, 6.45) is -5.58. The van der Waals surface area contributed by atoms with Crippen molar-refractivity contribution in [2.75, 3.05) is 23.3 Å². The number of urea groups is 1. The van der Waals surface area contributed by atoms with Crippen molar-refractivity contribution in [3.05, 3.63) is 59.1 Å². The van der Waals surface area contributed by atoms with Crippen molar-refractivity contribution in [2.24, 2.45) is 0 Å². The summed E-state index contributed by atoms with van der Waals surface area (Å²) in [5.74, 6) is 0. The van der Waals surface area contributed by atoms with Crippen molar-refractivity contribution in [1.82, 2.24) is 5.32 Å². The van der Waals surface area contributed by atoms with Crippen LogP contribution in [0.15, 0.2) is 48.5 Å². The molecule has 0 spiro atoms. The predicted molar refractivity (Wildman–Crippen MR) is 97.5 cm³/mol. The lowest BCUT2D eigenvalue weighted by atomic mass is 10.2. The van der Waals surface area contributed by atoms with Gasteiger partial charge in [-0.05, 0) is 42.5 Å².